The number of hydrogen-bond acceptors (Lipinski definition) is 4. The van der Waals surface area contributed by atoms with Gasteiger partial charge in [-0.15, -0.1) is 0 Å². The fraction of sp³-hybridized carbons (Fsp3) is 0.636. The third kappa shape index (κ3) is 2.74. The van der Waals surface area contributed by atoms with Gasteiger partial charge in [0.1, 0.15) is 10.6 Å². The van der Waals surface area contributed by atoms with E-state index in [0.717, 1.165) is 6.26 Å². The number of sulfone groups is 1. The van der Waals surface area contributed by atoms with E-state index in [1.54, 1.807) is 12.4 Å². The third-order valence-electron chi connectivity index (χ3n) is 3.06. The molecule has 96 valence electrons. The molecule has 0 aliphatic heterocycles. The molecule has 0 unspecified atom stereocenters. The molecule has 5 nitrogen and oxygen atoms in total. The summed E-state index contributed by atoms with van der Waals surface area (Å²) >= 11 is 0. The number of ketones is 1. The van der Waals surface area contributed by atoms with Crippen molar-refractivity contribution in [3.05, 3.63) is 18.2 Å². The van der Waals surface area contributed by atoms with Gasteiger partial charge in [-0.3, -0.25) is 4.79 Å². The fourth-order valence-electron chi connectivity index (χ4n) is 1.36. The maximum Gasteiger partial charge on any atom is 0.160 e. The van der Waals surface area contributed by atoms with Gasteiger partial charge in [-0.1, -0.05) is 0 Å². The zero-order chi connectivity index (χ0) is 13.3. The highest BCUT2D eigenvalue weighted by Gasteiger charge is 2.38. The Labute approximate surface area is 102 Å². The summed E-state index contributed by atoms with van der Waals surface area (Å²) in [5, 5.41) is 0. The Hall–Kier alpha value is -1.17. The van der Waals surface area contributed by atoms with E-state index in [1.807, 2.05) is 11.5 Å². The molecule has 6 heteroatoms. The van der Waals surface area contributed by atoms with Crippen LogP contribution >= 0.6 is 0 Å². The third-order valence-corrected chi connectivity index (χ3v) is 5.14. The lowest BCUT2D eigenvalue weighted by Crippen LogP contribution is -2.41. The van der Waals surface area contributed by atoms with Crippen molar-refractivity contribution in [1.82, 2.24) is 9.55 Å². The second kappa shape index (κ2) is 4.60. The molecule has 0 aromatic carbocycles. The maximum absolute atomic E-state index is 12.0. The number of hydrogen-bond donors (Lipinski definition) is 0. The molecule has 0 aliphatic carbocycles. The normalized spacial score (nSPS) is 12.7. The van der Waals surface area contributed by atoms with Crippen molar-refractivity contribution < 1.29 is 13.2 Å². The van der Waals surface area contributed by atoms with Gasteiger partial charge in [-0.05, 0) is 20.8 Å². The largest absolute Gasteiger partial charge is 0.335 e. The highest BCUT2D eigenvalue weighted by atomic mass is 32.2. The van der Waals surface area contributed by atoms with Crippen LogP contribution in [0, 0.1) is 0 Å². The van der Waals surface area contributed by atoms with Gasteiger partial charge in [0.05, 0.1) is 6.42 Å². The van der Waals surface area contributed by atoms with Gasteiger partial charge < -0.3 is 4.57 Å². The van der Waals surface area contributed by atoms with Crippen LogP contribution in [-0.4, -0.2) is 34.8 Å². The molecule has 0 aliphatic rings. The SMILES string of the molecule is CCn1ccnc1CC(=O)C(C)(C)S(C)(=O)=O. The van der Waals surface area contributed by atoms with Gasteiger partial charge in [-0.25, -0.2) is 13.4 Å². The monoisotopic (exact) mass is 258 g/mol. The van der Waals surface area contributed by atoms with E-state index in [2.05, 4.69) is 4.98 Å². The van der Waals surface area contributed by atoms with Crippen LogP contribution < -0.4 is 0 Å². The summed E-state index contributed by atoms with van der Waals surface area (Å²) in [4.78, 5) is 16.1. The first-order valence-electron chi connectivity index (χ1n) is 5.43. The lowest BCUT2D eigenvalue weighted by Gasteiger charge is -2.20. The van der Waals surface area contributed by atoms with E-state index in [0.29, 0.717) is 12.4 Å². The van der Waals surface area contributed by atoms with E-state index >= 15 is 0 Å². The summed E-state index contributed by atoms with van der Waals surface area (Å²) in [7, 11) is -3.41. The second-order valence-corrected chi connectivity index (χ2v) is 7.08. The summed E-state index contributed by atoms with van der Waals surface area (Å²) in [6.07, 6.45) is 4.51. The molecule has 1 rings (SSSR count). The van der Waals surface area contributed by atoms with Crippen LogP contribution in [-0.2, 0) is 27.6 Å². The Morgan fingerprint density at radius 3 is 2.53 bits per heavy atom. The number of rotatable bonds is 5. The number of aromatic nitrogens is 2. The predicted octanol–water partition coefficient (Wildman–Crippen LogP) is 0.838. The van der Waals surface area contributed by atoms with Crippen LogP contribution in [0.2, 0.25) is 0 Å². The van der Waals surface area contributed by atoms with Gasteiger partial charge in [-0.2, -0.15) is 0 Å². The van der Waals surface area contributed by atoms with Gasteiger partial charge >= 0.3 is 0 Å². The number of Topliss-reactive ketones (excluding diaryl/α,β-unsaturated/α-hetero) is 1. The van der Waals surface area contributed by atoms with Crippen LogP contribution in [0.5, 0.6) is 0 Å². The first-order valence-corrected chi connectivity index (χ1v) is 7.32. The average molecular weight is 258 g/mol. The Bertz CT molecular complexity index is 515. The van der Waals surface area contributed by atoms with E-state index in [-0.39, 0.29) is 12.2 Å². The zero-order valence-electron chi connectivity index (χ0n) is 10.6. The van der Waals surface area contributed by atoms with Crippen molar-refractivity contribution in [1.29, 1.82) is 0 Å². The molecule has 1 heterocycles. The predicted molar refractivity (Wildman–Crippen MR) is 65.5 cm³/mol. The Balaban J connectivity index is 2.95. The van der Waals surface area contributed by atoms with E-state index in [1.165, 1.54) is 13.8 Å². The zero-order valence-corrected chi connectivity index (χ0v) is 11.4. The summed E-state index contributed by atoms with van der Waals surface area (Å²) in [6, 6.07) is 0. The minimum absolute atomic E-state index is 0.0426. The van der Waals surface area contributed by atoms with E-state index in [4.69, 9.17) is 0 Å². The molecule has 0 N–H and O–H groups in total. The Morgan fingerprint density at radius 1 is 1.47 bits per heavy atom. The van der Waals surface area contributed by atoms with Gasteiger partial charge in [0.25, 0.3) is 0 Å². The van der Waals surface area contributed by atoms with Crippen molar-refractivity contribution in [2.45, 2.75) is 38.5 Å². The molecular weight excluding hydrogens is 240 g/mol. The molecule has 0 fully saturated rings. The number of carbonyl (C=O) groups is 1. The standard InChI is InChI=1S/C11H18N2O3S/c1-5-13-7-6-12-10(13)8-9(14)11(2,3)17(4,15)16/h6-7H,5,8H2,1-4H3. The van der Waals surface area contributed by atoms with Gasteiger partial charge in [0.15, 0.2) is 15.6 Å². The highest BCUT2D eigenvalue weighted by molar-refractivity contribution is 7.92. The van der Waals surface area contributed by atoms with Crippen molar-refractivity contribution in [3.8, 4) is 0 Å². The minimum atomic E-state index is -3.41. The summed E-state index contributed by atoms with van der Waals surface area (Å²) in [6.45, 7) is 5.52. The lowest BCUT2D eigenvalue weighted by molar-refractivity contribution is -0.120. The molecule has 17 heavy (non-hydrogen) atoms. The van der Waals surface area contributed by atoms with Crippen LogP contribution in [0.25, 0.3) is 0 Å². The van der Waals surface area contributed by atoms with Crippen molar-refractivity contribution >= 4 is 15.6 Å². The molecule has 0 saturated heterocycles. The van der Waals surface area contributed by atoms with E-state index < -0.39 is 14.6 Å². The summed E-state index contributed by atoms with van der Waals surface area (Å²) in [5.41, 5.74) is 0. The van der Waals surface area contributed by atoms with Gasteiger partial charge in [0.2, 0.25) is 0 Å². The molecule has 0 atom stereocenters. The van der Waals surface area contributed by atoms with Crippen molar-refractivity contribution in [2.24, 2.45) is 0 Å². The molecular formula is C11H18N2O3S. The number of aryl methyl sites for hydroxylation is 1. The maximum atomic E-state index is 12.0. The van der Waals surface area contributed by atoms with E-state index in [9.17, 15) is 13.2 Å². The first-order chi connectivity index (χ1) is 7.70. The average Bonchev–Trinajstić information content (AvgIpc) is 2.63. The topological polar surface area (TPSA) is 69.0 Å². The smallest absolute Gasteiger partial charge is 0.160 e. The summed E-state index contributed by atoms with van der Waals surface area (Å²) in [5.74, 6) is 0.273. The van der Waals surface area contributed by atoms with Crippen molar-refractivity contribution in [3.63, 3.8) is 0 Å². The highest BCUT2D eigenvalue weighted by Crippen LogP contribution is 2.18. The number of nitrogens with zero attached hydrogens (tertiary/aromatic N) is 2. The molecule has 0 radical (unpaired) electrons. The van der Waals surface area contributed by atoms with Crippen LogP contribution in [0.3, 0.4) is 0 Å². The molecule has 0 amide bonds. The second-order valence-electron chi connectivity index (χ2n) is 4.51. The molecule has 1 aromatic heterocycles. The van der Waals surface area contributed by atoms with Gasteiger partial charge in [0, 0.05) is 25.2 Å². The quantitative estimate of drug-likeness (QED) is 0.784. The molecule has 0 spiro atoms. The first kappa shape index (κ1) is 13.9. The number of imidazole rings is 1. The lowest BCUT2D eigenvalue weighted by atomic mass is 10.1. The van der Waals surface area contributed by atoms with Crippen LogP contribution in [0.1, 0.15) is 26.6 Å². The van der Waals surface area contributed by atoms with Crippen LogP contribution in [0.4, 0.5) is 0 Å². The van der Waals surface area contributed by atoms with Crippen molar-refractivity contribution in [2.75, 3.05) is 6.26 Å². The minimum Gasteiger partial charge on any atom is -0.335 e. The summed E-state index contributed by atoms with van der Waals surface area (Å²) < 4.78 is 23.5. The molecule has 0 saturated carbocycles. The fourth-order valence-corrected chi connectivity index (χ4v) is 1.84. The Kier molecular flexibility index (Phi) is 3.76. The molecule has 0 bridgehead atoms. The number of carbonyl (C=O) groups excluding carboxylic acids is 1. The molecule has 1 aromatic rings. The Morgan fingerprint density at radius 2 is 2.06 bits per heavy atom. The van der Waals surface area contributed by atoms with Crippen LogP contribution in [0.15, 0.2) is 12.4 Å².